The lowest BCUT2D eigenvalue weighted by Gasteiger charge is -2.17. The third-order valence-electron chi connectivity index (χ3n) is 7.75. The maximum absolute atomic E-state index is 2.50. The fourth-order valence-electron chi connectivity index (χ4n) is 4.92. The minimum absolute atomic E-state index is 0.877. The summed E-state index contributed by atoms with van der Waals surface area (Å²) < 4.78 is 0. The first-order chi connectivity index (χ1) is 14.2. The van der Waals surface area contributed by atoms with Crippen LogP contribution in [0, 0.1) is 35.5 Å². The van der Waals surface area contributed by atoms with Crippen molar-refractivity contribution in [3.8, 4) is 0 Å². The second-order valence-corrected chi connectivity index (χ2v) is 12.0. The van der Waals surface area contributed by atoms with Gasteiger partial charge in [-0.25, -0.2) is 0 Å². The van der Waals surface area contributed by atoms with Crippen molar-refractivity contribution < 1.29 is 0 Å². The molecule has 0 aliphatic rings. The van der Waals surface area contributed by atoms with Crippen LogP contribution in [0.1, 0.15) is 158 Å². The van der Waals surface area contributed by atoms with Crippen LogP contribution in [0.25, 0.3) is 0 Å². The molecule has 5 atom stereocenters. The normalized spacial score (nSPS) is 17.1. The van der Waals surface area contributed by atoms with Gasteiger partial charge in [-0.05, 0) is 35.5 Å². The van der Waals surface area contributed by atoms with Crippen molar-refractivity contribution in [3.63, 3.8) is 0 Å². The molecule has 0 spiro atoms. The molecule has 0 aliphatic carbocycles. The molecule has 0 amide bonds. The predicted molar refractivity (Wildman–Crippen MR) is 140 cm³/mol. The van der Waals surface area contributed by atoms with E-state index in [4.69, 9.17) is 0 Å². The molecule has 0 saturated heterocycles. The summed E-state index contributed by atoms with van der Waals surface area (Å²) >= 11 is 0. The van der Waals surface area contributed by atoms with Gasteiger partial charge in [0, 0.05) is 0 Å². The van der Waals surface area contributed by atoms with Gasteiger partial charge in [0.15, 0.2) is 0 Å². The summed E-state index contributed by atoms with van der Waals surface area (Å²) in [6.45, 7) is 19.4. The van der Waals surface area contributed by atoms with Gasteiger partial charge in [0.05, 0.1) is 0 Å². The first kappa shape index (κ1) is 30.0. The number of hydrogen-bond donors (Lipinski definition) is 0. The lowest BCUT2D eigenvalue weighted by molar-refractivity contribution is 0.360. The summed E-state index contributed by atoms with van der Waals surface area (Å²) in [7, 11) is 0. The maximum atomic E-state index is 2.50. The molecule has 0 aliphatic heterocycles. The number of rotatable bonds is 21. The Morgan fingerprint density at radius 3 is 0.800 bits per heavy atom. The molecule has 0 aromatic rings. The highest BCUT2D eigenvalue weighted by atomic mass is 14.2. The van der Waals surface area contributed by atoms with Crippen LogP contribution in [0.4, 0.5) is 0 Å². The van der Waals surface area contributed by atoms with Crippen molar-refractivity contribution >= 4 is 0 Å². The van der Waals surface area contributed by atoms with Crippen LogP contribution in [0.15, 0.2) is 0 Å². The minimum Gasteiger partial charge on any atom is -0.0651 e. The highest BCUT2D eigenvalue weighted by Gasteiger charge is 2.09. The summed E-state index contributed by atoms with van der Waals surface area (Å²) in [5.74, 6) is 5.55. The Kier molecular flexibility index (Phi) is 19.7. The summed E-state index contributed by atoms with van der Waals surface area (Å²) in [6.07, 6.45) is 23.1. The largest absolute Gasteiger partial charge is 0.0651 e. The molecule has 0 radical (unpaired) electrons. The zero-order valence-electron chi connectivity index (χ0n) is 22.8. The third-order valence-corrected chi connectivity index (χ3v) is 7.75. The first-order valence-electron chi connectivity index (χ1n) is 14.2. The average molecular weight is 423 g/mol. The third kappa shape index (κ3) is 19.9. The molecule has 0 aromatic carbocycles. The fraction of sp³-hybridized carbons (Fsp3) is 1.00. The van der Waals surface area contributed by atoms with Gasteiger partial charge < -0.3 is 0 Å². The van der Waals surface area contributed by atoms with Gasteiger partial charge in [-0.3, -0.25) is 0 Å². The van der Waals surface area contributed by atoms with E-state index in [0.29, 0.717) is 0 Å². The molecule has 0 heteroatoms. The van der Waals surface area contributed by atoms with E-state index in [1.54, 1.807) is 0 Å². The molecule has 0 aromatic heterocycles. The van der Waals surface area contributed by atoms with Crippen LogP contribution < -0.4 is 0 Å². The standard InChI is InChI=1S/C30H62/c1-9-26(4)16-11-18-28(6)20-13-22-30(8)24-14-23-29(7)21-12-19-27(5)17-10-15-25(2)3/h25-30H,9-24H2,1-8H3. The first-order valence-corrected chi connectivity index (χ1v) is 14.2. The molecule has 182 valence electrons. The van der Waals surface area contributed by atoms with E-state index in [0.717, 1.165) is 35.5 Å². The van der Waals surface area contributed by atoms with Gasteiger partial charge in [0.2, 0.25) is 0 Å². The van der Waals surface area contributed by atoms with Gasteiger partial charge in [-0.1, -0.05) is 158 Å². The summed E-state index contributed by atoms with van der Waals surface area (Å²) in [4.78, 5) is 0. The summed E-state index contributed by atoms with van der Waals surface area (Å²) in [5.41, 5.74) is 0. The van der Waals surface area contributed by atoms with Gasteiger partial charge in [-0.2, -0.15) is 0 Å². The Morgan fingerprint density at radius 1 is 0.333 bits per heavy atom. The van der Waals surface area contributed by atoms with E-state index in [2.05, 4.69) is 55.4 Å². The van der Waals surface area contributed by atoms with Crippen LogP contribution in [0.5, 0.6) is 0 Å². The average Bonchev–Trinajstić information content (AvgIpc) is 2.67. The van der Waals surface area contributed by atoms with Crippen molar-refractivity contribution in [1.82, 2.24) is 0 Å². The second-order valence-electron chi connectivity index (χ2n) is 12.0. The van der Waals surface area contributed by atoms with Gasteiger partial charge in [0.1, 0.15) is 0 Å². The van der Waals surface area contributed by atoms with E-state index in [1.165, 1.54) is 103 Å². The molecule has 30 heavy (non-hydrogen) atoms. The maximum Gasteiger partial charge on any atom is -0.0443 e. The van der Waals surface area contributed by atoms with Crippen LogP contribution in [0.3, 0.4) is 0 Å². The van der Waals surface area contributed by atoms with E-state index in [9.17, 15) is 0 Å². The second kappa shape index (κ2) is 19.7. The van der Waals surface area contributed by atoms with Gasteiger partial charge >= 0.3 is 0 Å². The van der Waals surface area contributed by atoms with Crippen LogP contribution in [-0.4, -0.2) is 0 Å². The van der Waals surface area contributed by atoms with E-state index in [1.807, 2.05) is 0 Å². The molecule has 0 nitrogen and oxygen atoms in total. The van der Waals surface area contributed by atoms with Crippen LogP contribution in [-0.2, 0) is 0 Å². The Balaban J connectivity index is 3.58. The zero-order valence-corrected chi connectivity index (χ0v) is 22.8. The molecular weight excluding hydrogens is 360 g/mol. The van der Waals surface area contributed by atoms with Crippen LogP contribution >= 0.6 is 0 Å². The van der Waals surface area contributed by atoms with Crippen molar-refractivity contribution in [2.45, 2.75) is 158 Å². The SMILES string of the molecule is CCC(C)CCCC(C)CCCC(C)CCCC(C)CCCC(C)CCCC(C)C. The van der Waals surface area contributed by atoms with E-state index >= 15 is 0 Å². The molecular formula is C30H62. The van der Waals surface area contributed by atoms with Crippen LogP contribution in [0.2, 0.25) is 0 Å². The van der Waals surface area contributed by atoms with Gasteiger partial charge in [-0.15, -0.1) is 0 Å². The van der Waals surface area contributed by atoms with Gasteiger partial charge in [0.25, 0.3) is 0 Å². The Hall–Kier alpha value is 0. The summed E-state index contributed by atoms with van der Waals surface area (Å²) in [6, 6.07) is 0. The highest BCUT2D eigenvalue weighted by molar-refractivity contribution is 4.62. The molecule has 0 heterocycles. The number of hydrogen-bond acceptors (Lipinski definition) is 0. The Morgan fingerprint density at radius 2 is 0.567 bits per heavy atom. The van der Waals surface area contributed by atoms with Crippen molar-refractivity contribution in [2.24, 2.45) is 35.5 Å². The lowest BCUT2D eigenvalue weighted by atomic mass is 9.89. The molecule has 0 saturated carbocycles. The molecule has 5 unspecified atom stereocenters. The Bertz CT molecular complexity index is 344. The van der Waals surface area contributed by atoms with E-state index < -0.39 is 0 Å². The molecule has 0 N–H and O–H groups in total. The molecule has 0 bridgehead atoms. The zero-order chi connectivity index (χ0) is 22.8. The summed E-state index contributed by atoms with van der Waals surface area (Å²) in [5, 5.41) is 0. The fourth-order valence-corrected chi connectivity index (χ4v) is 4.92. The molecule has 0 fully saturated rings. The predicted octanol–water partition coefficient (Wildman–Crippen LogP) is 11.1. The lowest BCUT2D eigenvalue weighted by Crippen LogP contribution is -2.02. The Labute approximate surface area is 193 Å². The highest BCUT2D eigenvalue weighted by Crippen LogP contribution is 2.24. The minimum atomic E-state index is 0.877. The topological polar surface area (TPSA) is 0 Å². The quantitative estimate of drug-likeness (QED) is 0.172. The van der Waals surface area contributed by atoms with Crippen molar-refractivity contribution in [3.05, 3.63) is 0 Å². The van der Waals surface area contributed by atoms with Crippen molar-refractivity contribution in [2.75, 3.05) is 0 Å². The van der Waals surface area contributed by atoms with E-state index in [-0.39, 0.29) is 0 Å². The molecule has 0 rings (SSSR count). The van der Waals surface area contributed by atoms with Crippen molar-refractivity contribution in [1.29, 1.82) is 0 Å². The monoisotopic (exact) mass is 422 g/mol. The smallest absolute Gasteiger partial charge is 0.0443 e.